The van der Waals surface area contributed by atoms with Crippen LogP contribution in [0.2, 0.25) is 0 Å². The Morgan fingerprint density at radius 3 is 2.71 bits per heavy atom. The first kappa shape index (κ1) is 14.0. The minimum Gasteiger partial charge on any atom is -0.375 e. The van der Waals surface area contributed by atoms with Crippen LogP contribution in [0.15, 0.2) is 12.3 Å². The molecule has 0 atom stereocenters. The summed E-state index contributed by atoms with van der Waals surface area (Å²) < 4.78 is 42.2. The van der Waals surface area contributed by atoms with Gasteiger partial charge in [-0.25, -0.2) is 0 Å². The molecule has 0 aliphatic heterocycles. The zero-order chi connectivity index (χ0) is 12.9. The molecule has 0 unspecified atom stereocenters. The molecule has 1 rings (SSSR count). The van der Waals surface area contributed by atoms with Crippen LogP contribution in [0.3, 0.4) is 0 Å². The van der Waals surface area contributed by atoms with Crippen molar-refractivity contribution in [3.05, 3.63) is 18.0 Å². The standard InChI is InChI=1S/C11H17F3N2O/c1-9(2)7-16-5-3-10(15-16)8-17-6-4-11(12,13)14/h3,5,9H,4,6-8H2,1-2H3. The zero-order valence-corrected chi connectivity index (χ0v) is 10.00. The fourth-order valence-electron chi connectivity index (χ4n) is 1.32. The number of alkyl halides is 3. The van der Waals surface area contributed by atoms with Gasteiger partial charge in [0.1, 0.15) is 0 Å². The topological polar surface area (TPSA) is 27.1 Å². The predicted octanol–water partition coefficient (Wildman–Crippen LogP) is 3.01. The second kappa shape index (κ2) is 6.05. The molecule has 0 aromatic carbocycles. The van der Waals surface area contributed by atoms with Crippen LogP contribution in [0.25, 0.3) is 0 Å². The van der Waals surface area contributed by atoms with Gasteiger partial charge >= 0.3 is 6.18 Å². The summed E-state index contributed by atoms with van der Waals surface area (Å²) in [5.74, 6) is 0.480. The first-order chi connectivity index (χ1) is 7.87. The predicted molar refractivity (Wildman–Crippen MR) is 57.4 cm³/mol. The lowest BCUT2D eigenvalue weighted by atomic mass is 10.2. The Balaban J connectivity index is 2.25. The van der Waals surface area contributed by atoms with E-state index in [0.29, 0.717) is 11.6 Å². The number of aromatic nitrogens is 2. The van der Waals surface area contributed by atoms with E-state index in [9.17, 15) is 13.2 Å². The lowest BCUT2D eigenvalue weighted by molar-refractivity contribution is -0.146. The molecule has 6 heteroatoms. The second-order valence-electron chi connectivity index (χ2n) is 4.34. The van der Waals surface area contributed by atoms with Gasteiger partial charge in [-0.05, 0) is 12.0 Å². The van der Waals surface area contributed by atoms with E-state index in [1.807, 2.05) is 6.20 Å². The van der Waals surface area contributed by atoms with Crippen LogP contribution in [0.5, 0.6) is 0 Å². The van der Waals surface area contributed by atoms with Gasteiger partial charge in [0.25, 0.3) is 0 Å². The van der Waals surface area contributed by atoms with Crippen molar-refractivity contribution in [2.24, 2.45) is 5.92 Å². The van der Waals surface area contributed by atoms with E-state index in [1.54, 1.807) is 10.7 Å². The summed E-state index contributed by atoms with van der Waals surface area (Å²) in [6.07, 6.45) is -3.26. The Morgan fingerprint density at radius 1 is 1.41 bits per heavy atom. The Hall–Kier alpha value is -1.04. The summed E-state index contributed by atoms with van der Waals surface area (Å²) in [6.45, 7) is 4.74. The van der Waals surface area contributed by atoms with Crippen molar-refractivity contribution in [1.82, 2.24) is 9.78 Å². The highest BCUT2D eigenvalue weighted by Crippen LogP contribution is 2.19. The van der Waals surface area contributed by atoms with Gasteiger partial charge in [0.2, 0.25) is 0 Å². The summed E-state index contributed by atoms with van der Waals surface area (Å²) in [5, 5.41) is 4.19. The SMILES string of the molecule is CC(C)Cn1ccc(COCCC(F)(F)F)n1. The number of rotatable bonds is 6. The average Bonchev–Trinajstić information content (AvgIpc) is 2.58. The third-order valence-electron chi connectivity index (χ3n) is 2.03. The molecule has 0 aliphatic rings. The van der Waals surface area contributed by atoms with Crippen LogP contribution in [0.4, 0.5) is 13.2 Å². The highest BCUT2D eigenvalue weighted by Gasteiger charge is 2.26. The first-order valence-electron chi connectivity index (χ1n) is 5.53. The lowest BCUT2D eigenvalue weighted by Gasteiger charge is -2.06. The molecular formula is C11H17F3N2O. The van der Waals surface area contributed by atoms with Crippen LogP contribution in [-0.2, 0) is 17.9 Å². The normalized spacial score (nSPS) is 12.4. The van der Waals surface area contributed by atoms with Crippen LogP contribution in [0, 0.1) is 5.92 Å². The van der Waals surface area contributed by atoms with Crippen molar-refractivity contribution >= 4 is 0 Å². The zero-order valence-electron chi connectivity index (χ0n) is 10.00. The molecule has 1 aromatic rings. The van der Waals surface area contributed by atoms with E-state index in [0.717, 1.165) is 6.54 Å². The smallest absolute Gasteiger partial charge is 0.375 e. The number of halogens is 3. The van der Waals surface area contributed by atoms with Crippen molar-refractivity contribution in [1.29, 1.82) is 0 Å². The molecule has 0 N–H and O–H groups in total. The van der Waals surface area contributed by atoms with Crippen LogP contribution < -0.4 is 0 Å². The van der Waals surface area contributed by atoms with Crippen LogP contribution in [0.1, 0.15) is 26.0 Å². The molecule has 17 heavy (non-hydrogen) atoms. The summed E-state index contributed by atoms with van der Waals surface area (Å²) in [7, 11) is 0. The van der Waals surface area contributed by atoms with Gasteiger partial charge in [-0.1, -0.05) is 13.8 Å². The van der Waals surface area contributed by atoms with Crippen molar-refractivity contribution in [3.8, 4) is 0 Å². The Labute approximate surface area is 98.6 Å². The molecular weight excluding hydrogens is 233 g/mol. The molecule has 3 nitrogen and oxygen atoms in total. The number of ether oxygens (including phenoxy) is 1. The van der Waals surface area contributed by atoms with Crippen molar-refractivity contribution < 1.29 is 17.9 Å². The first-order valence-corrected chi connectivity index (χ1v) is 5.53. The Morgan fingerprint density at radius 2 is 2.12 bits per heavy atom. The van der Waals surface area contributed by atoms with Crippen LogP contribution in [-0.4, -0.2) is 22.6 Å². The molecule has 0 aliphatic carbocycles. The van der Waals surface area contributed by atoms with Gasteiger partial charge in [-0.15, -0.1) is 0 Å². The van der Waals surface area contributed by atoms with Gasteiger partial charge in [0.15, 0.2) is 0 Å². The lowest BCUT2D eigenvalue weighted by Crippen LogP contribution is -2.11. The molecule has 98 valence electrons. The van der Waals surface area contributed by atoms with E-state index in [-0.39, 0.29) is 13.2 Å². The minimum atomic E-state index is -4.16. The summed E-state index contributed by atoms with van der Waals surface area (Å²) >= 11 is 0. The quantitative estimate of drug-likeness (QED) is 0.726. The maximum absolute atomic E-state index is 11.8. The minimum absolute atomic E-state index is 0.126. The number of hydrogen-bond acceptors (Lipinski definition) is 2. The van der Waals surface area contributed by atoms with E-state index < -0.39 is 12.6 Å². The maximum Gasteiger partial charge on any atom is 0.391 e. The van der Waals surface area contributed by atoms with E-state index >= 15 is 0 Å². The fraction of sp³-hybridized carbons (Fsp3) is 0.727. The van der Waals surface area contributed by atoms with Gasteiger partial charge in [0.05, 0.1) is 25.3 Å². The maximum atomic E-state index is 11.8. The molecule has 1 heterocycles. The molecule has 1 aromatic heterocycles. The summed E-state index contributed by atoms with van der Waals surface area (Å²) in [6, 6.07) is 1.76. The second-order valence-corrected chi connectivity index (χ2v) is 4.34. The van der Waals surface area contributed by atoms with E-state index in [1.165, 1.54) is 0 Å². The molecule has 0 fully saturated rings. The molecule has 0 saturated heterocycles. The van der Waals surface area contributed by atoms with Gasteiger partial charge < -0.3 is 4.74 Å². The van der Waals surface area contributed by atoms with Crippen molar-refractivity contribution in [3.63, 3.8) is 0 Å². The summed E-state index contributed by atoms with van der Waals surface area (Å²) in [5.41, 5.74) is 0.660. The van der Waals surface area contributed by atoms with Crippen molar-refractivity contribution in [2.45, 2.75) is 39.6 Å². The largest absolute Gasteiger partial charge is 0.391 e. The molecule has 0 saturated carbocycles. The monoisotopic (exact) mass is 250 g/mol. The van der Waals surface area contributed by atoms with Gasteiger partial charge in [-0.3, -0.25) is 4.68 Å². The highest BCUT2D eigenvalue weighted by atomic mass is 19.4. The number of nitrogens with zero attached hydrogens (tertiary/aromatic N) is 2. The fourth-order valence-corrected chi connectivity index (χ4v) is 1.32. The molecule has 0 radical (unpaired) electrons. The molecule has 0 bridgehead atoms. The van der Waals surface area contributed by atoms with Gasteiger partial charge in [-0.2, -0.15) is 18.3 Å². The third kappa shape index (κ3) is 6.31. The Bertz CT molecular complexity index is 334. The molecule has 0 spiro atoms. The molecule has 0 amide bonds. The Kier molecular flexibility index (Phi) is 4.99. The number of hydrogen-bond donors (Lipinski definition) is 0. The van der Waals surface area contributed by atoms with E-state index in [4.69, 9.17) is 4.74 Å². The van der Waals surface area contributed by atoms with Crippen LogP contribution >= 0.6 is 0 Å². The summed E-state index contributed by atoms with van der Waals surface area (Å²) in [4.78, 5) is 0. The van der Waals surface area contributed by atoms with Crippen molar-refractivity contribution in [2.75, 3.05) is 6.61 Å². The highest BCUT2D eigenvalue weighted by molar-refractivity contribution is 4.97. The van der Waals surface area contributed by atoms with E-state index in [2.05, 4.69) is 18.9 Å². The third-order valence-corrected chi connectivity index (χ3v) is 2.03. The van der Waals surface area contributed by atoms with Gasteiger partial charge in [0, 0.05) is 12.7 Å². The average molecular weight is 250 g/mol.